The van der Waals surface area contributed by atoms with Crippen LogP contribution in [0.4, 0.5) is 5.69 Å². The van der Waals surface area contributed by atoms with Gasteiger partial charge in [0.1, 0.15) is 0 Å². The molecule has 3 rings (SSSR count). The van der Waals surface area contributed by atoms with Gasteiger partial charge in [-0.15, -0.1) is 0 Å². The molecule has 1 aromatic carbocycles. The van der Waals surface area contributed by atoms with Gasteiger partial charge in [0.05, 0.1) is 0 Å². The molecule has 2 N–H and O–H groups in total. The Labute approximate surface area is 145 Å². The van der Waals surface area contributed by atoms with Crippen molar-refractivity contribution in [2.75, 3.05) is 25.0 Å². The highest BCUT2D eigenvalue weighted by Crippen LogP contribution is 2.23. The zero-order chi connectivity index (χ0) is 16.8. The van der Waals surface area contributed by atoms with Crippen LogP contribution >= 0.6 is 0 Å². The van der Waals surface area contributed by atoms with Gasteiger partial charge in [-0.1, -0.05) is 31.7 Å². The van der Waals surface area contributed by atoms with Crippen LogP contribution in [-0.4, -0.2) is 41.7 Å². The molecule has 1 aromatic rings. The Bertz CT molecular complexity index is 538. The average Bonchev–Trinajstić information content (AvgIpc) is 2.90. The molecule has 1 atom stereocenters. The van der Waals surface area contributed by atoms with Crippen LogP contribution in [0, 0.1) is 5.92 Å². The van der Waals surface area contributed by atoms with Crippen molar-refractivity contribution in [2.45, 2.75) is 57.4 Å². The van der Waals surface area contributed by atoms with Crippen LogP contribution in [0.5, 0.6) is 0 Å². The van der Waals surface area contributed by atoms with Crippen molar-refractivity contribution in [1.29, 1.82) is 0 Å². The van der Waals surface area contributed by atoms with Gasteiger partial charge in [-0.05, 0) is 49.8 Å². The Kier molecular flexibility index (Phi) is 6.13. The predicted octanol–water partition coefficient (Wildman–Crippen LogP) is 3.67. The molecule has 2 fully saturated rings. The smallest absolute Gasteiger partial charge is 0.253 e. The molecule has 1 saturated carbocycles. The monoisotopic (exact) mass is 330 g/mol. The summed E-state index contributed by atoms with van der Waals surface area (Å²) in [4.78, 5) is 14.7. The zero-order valence-corrected chi connectivity index (χ0v) is 14.5. The van der Waals surface area contributed by atoms with Gasteiger partial charge >= 0.3 is 0 Å². The number of hydrogen-bond acceptors (Lipinski definition) is 3. The normalized spacial score (nSPS) is 22.9. The lowest BCUT2D eigenvalue weighted by molar-refractivity contribution is 0.0621. The van der Waals surface area contributed by atoms with Crippen molar-refractivity contribution in [3.8, 4) is 0 Å². The van der Waals surface area contributed by atoms with Gasteiger partial charge in [-0.3, -0.25) is 4.79 Å². The number of anilines is 1. The van der Waals surface area contributed by atoms with Crippen molar-refractivity contribution in [3.63, 3.8) is 0 Å². The lowest BCUT2D eigenvalue weighted by Gasteiger charge is -2.32. The quantitative estimate of drug-likeness (QED) is 0.828. The first-order valence-electron chi connectivity index (χ1n) is 9.53. The molecule has 1 aliphatic heterocycles. The molecule has 0 spiro atoms. The number of nitrogens with one attached hydrogen (secondary N) is 1. The number of amides is 1. The highest BCUT2D eigenvalue weighted by molar-refractivity contribution is 5.95. The van der Waals surface area contributed by atoms with E-state index < -0.39 is 0 Å². The molecule has 1 saturated heterocycles. The fourth-order valence-corrected chi connectivity index (χ4v) is 3.98. The van der Waals surface area contributed by atoms with Crippen molar-refractivity contribution < 1.29 is 9.90 Å². The molecule has 1 amide bonds. The molecule has 132 valence electrons. The van der Waals surface area contributed by atoms with E-state index >= 15 is 0 Å². The van der Waals surface area contributed by atoms with Crippen molar-refractivity contribution >= 4 is 11.6 Å². The number of carbonyl (C=O) groups excluding carboxylic acids is 1. The fraction of sp³-hybridized carbons (Fsp3) is 0.650. The molecular weight excluding hydrogens is 300 g/mol. The van der Waals surface area contributed by atoms with Gasteiger partial charge < -0.3 is 15.3 Å². The number of piperidine rings is 1. The highest BCUT2D eigenvalue weighted by atomic mass is 16.3. The summed E-state index contributed by atoms with van der Waals surface area (Å²) in [6.45, 7) is 1.65. The summed E-state index contributed by atoms with van der Waals surface area (Å²) < 4.78 is 0. The Morgan fingerprint density at radius 1 is 1.12 bits per heavy atom. The minimum Gasteiger partial charge on any atom is -0.396 e. The minimum absolute atomic E-state index is 0.0951. The lowest BCUT2D eigenvalue weighted by Crippen LogP contribution is -2.40. The number of benzene rings is 1. The van der Waals surface area contributed by atoms with E-state index in [2.05, 4.69) is 11.4 Å². The Morgan fingerprint density at radius 2 is 1.92 bits per heavy atom. The van der Waals surface area contributed by atoms with Crippen LogP contribution in [0.3, 0.4) is 0 Å². The van der Waals surface area contributed by atoms with Crippen LogP contribution in [0.25, 0.3) is 0 Å². The Morgan fingerprint density at radius 3 is 2.67 bits per heavy atom. The molecule has 0 radical (unpaired) electrons. The number of nitrogens with zero attached hydrogens (tertiary/aromatic N) is 1. The van der Waals surface area contributed by atoms with Crippen molar-refractivity contribution in [3.05, 3.63) is 29.8 Å². The molecule has 4 heteroatoms. The molecule has 1 aliphatic carbocycles. The third-order valence-corrected chi connectivity index (χ3v) is 5.40. The topological polar surface area (TPSA) is 52.6 Å². The molecule has 2 aliphatic rings. The molecule has 4 nitrogen and oxygen atoms in total. The van der Waals surface area contributed by atoms with Gasteiger partial charge in [-0.25, -0.2) is 0 Å². The van der Waals surface area contributed by atoms with Crippen LogP contribution in [0.2, 0.25) is 0 Å². The maximum absolute atomic E-state index is 12.8. The largest absolute Gasteiger partial charge is 0.396 e. The number of aliphatic hydroxyl groups excluding tert-OH is 1. The molecular formula is C20H30N2O2. The number of aliphatic hydroxyl groups is 1. The molecule has 1 heterocycles. The predicted molar refractivity (Wildman–Crippen MR) is 97.3 cm³/mol. The number of rotatable bonds is 4. The summed E-state index contributed by atoms with van der Waals surface area (Å²) in [5.74, 6) is 0.327. The first-order valence-corrected chi connectivity index (χ1v) is 9.53. The molecule has 24 heavy (non-hydrogen) atoms. The second-order valence-electron chi connectivity index (χ2n) is 7.36. The van der Waals surface area contributed by atoms with Crippen LogP contribution < -0.4 is 5.32 Å². The summed E-state index contributed by atoms with van der Waals surface area (Å²) in [7, 11) is 0. The summed E-state index contributed by atoms with van der Waals surface area (Å²) in [5.41, 5.74) is 1.82. The maximum atomic E-state index is 12.8. The molecule has 0 bridgehead atoms. The summed E-state index contributed by atoms with van der Waals surface area (Å²) in [5, 5.41) is 13.0. The van der Waals surface area contributed by atoms with Crippen LogP contribution in [-0.2, 0) is 0 Å². The second kappa shape index (κ2) is 8.52. The van der Waals surface area contributed by atoms with Gasteiger partial charge in [0.2, 0.25) is 0 Å². The van der Waals surface area contributed by atoms with E-state index in [0.29, 0.717) is 12.6 Å². The molecule has 0 aromatic heterocycles. The molecule has 1 unspecified atom stereocenters. The SMILES string of the molecule is O=C(c1cccc(NC2CCCCCC2)c1)N1CCCC(CO)C1. The standard InChI is InChI=1S/C20H30N2O2/c23-15-16-7-6-12-22(14-16)20(24)17-8-5-11-19(13-17)21-18-9-3-1-2-4-10-18/h5,8,11,13,16,18,21,23H,1-4,6-7,9-10,12,14-15H2. The van der Waals surface area contributed by atoms with E-state index in [1.165, 1.54) is 38.5 Å². The van der Waals surface area contributed by atoms with E-state index in [1.54, 1.807) is 0 Å². The average molecular weight is 330 g/mol. The lowest BCUT2D eigenvalue weighted by atomic mass is 9.98. The van der Waals surface area contributed by atoms with E-state index in [9.17, 15) is 9.90 Å². The fourth-order valence-electron chi connectivity index (χ4n) is 3.98. The maximum Gasteiger partial charge on any atom is 0.253 e. The zero-order valence-electron chi connectivity index (χ0n) is 14.5. The number of hydrogen-bond donors (Lipinski definition) is 2. The van der Waals surface area contributed by atoms with Crippen molar-refractivity contribution in [2.24, 2.45) is 5.92 Å². The third-order valence-electron chi connectivity index (χ3n) is 5.40. The number of carbonyl (C=O) groups is 1. The van der Waals surface area contributed by atoms with Crippen molar-refractivity contribution in [1.82, 2.24) is 4.90 Å². The van der Waals surface area contributed by atoms with Crippen LogP contribution in [0.1, 0.15) is 61.7 Å². The number of likely N-dealkylation sites (tertiary alicyclic amines) is 1. The second-order valence-corrected chi connectivity index (χ2v) is 7.36. The van der Waals surface area contributed by atoms with Gasteiger partial charge in [0.15, 0.2) is 0 Å². The summed E-state index contributed by atoms with van der Waals surface area (Å²) >= 11 is 0. The Hall–Kier alpha value is -1.55. The third kappa shape index (κ3) is 4.50. The van der Waals surface area contributed by atoms with E-state index in [1.807, 2.05) is 23.1 Å². The Balaban J connectivity index is 1.64. The van der Waals surface area contributed by atoms with Gasteiger partial charge in [0, 0.05) is 37.0 Å². The first kappa shape index (κ1) is 17.3. The summed E-state index contributed by atoms with van der Waals surface area (Å²) in [6, 6.07) is 8.47. The van der Waals surface area contributed by atoms with Crippen LogP contribution in [0.15, 0.2) is 24.3 Å². The van der Waals surface area contributed by atoms with Gasteiger partial charge in [0.25, 0.3) is 5.91 Å². The van der Waals surface area contributed by atoms with Gasteiger partial charge in [-0.2, -0.15) is 0 Å². The summed E-state index contributed by atoms with van der Waals surface area (Å²) in [6.07, 6.45) is 9.74. The van der Waals surface area contributed by atoms with E-state index in [4.69, 9.17) is 0 Å². The van der Waals surface area contributed by atoms with E-state index in [0.717, 1.165) is 30.6 Å². The van der Waals surface area contributed by atoms with E-state index in [-0.39, 0.29) is 18.4 Å². The first-order chi connectivity index (χ1) is 11.8. The minimum atomic E-state index is 0.0951. The highest BCUT2D eigenvalue weighted by Gasteiger charge is 2.24.